The van der Waals surface area contributed by atoms with Crippen molar-refractivity contribution in [1.29, 1.82) is 0 Å². The van der Waals surface area contributed by atoms with E-state index in [9.17, 15) is 0 Å². The molecule has 1 aliphatic heterocycles. The Morgan fingerprint density at radius 2 is 1.94 bits per heavy atom. The fraction of sp³-hybridized carbons (Fsp3) is 0.250. The van der Waals surface area contributed by atoms with E-state index in [1.54, 1.807) is 0 Å². The zero-order valence-corrected chi connectivity index (χ0v) is 11.2. The van der Waals surface area contributed by atoms with E-state index in [0.717, 1.165) is 23.6 Å². The standard InChI is InChI=1S/C16H16ClN/c1-11-7-16-13(9-15(11)17)8-14(10-18-16)12-5-3-2-4-6-12/h2-7,9,14,18H,8,10H2,1H3. The average molecular weight is 258 g/mol. The third kappa shape index (κ3) is 2.11. The van der Waals surface area contributed by atoms with Crippen molar-refractivity contribution in [2.24, 2.45) is 0 Å². The predicted octanol–water partition coefficient (Wildman–Crippen LogP) is 4.40. The number of hydrogen-bond donors (Lipinski definition) is 1. The summed E-state index contributed by atoms with van der Waals surface area (Å²) in [6, 6.07) is 14.9. The van der Waals surface area contributed by atoms with Crippen LogP contribution in [0.1, 0.15) is 22.6 Å². The van der Waals surface area contributed by atoms with Gasteiger partial charge in [-0.2, -0.15) is 0 Å². The molecule has 1 aliphatic rings. The van der Waals surface area contributed by atoms with E-state index in [-0.39, 0.29) is 0 Å². The van der Waals surface area contributed by atoms with Crippen LogP contribution in [0.15, 0.2) is 42.5 Å². The molecule has 0 aromatic heterocycles. The van der Waals surface area contributed by atoms with E-state index in [0.29, 0.717) is 5.92 Å². The number of fused-ring (bicyclic) bond motifs is 1. The van der Waals surface area contributed by atoms with Crippen LogP contribution in [0.25, 0.3) is 0 Å². The lowest BCUT2D eigenvalue weighted by Gasteiger charge is -2.27. The van der Waals surface area contributed by atoms with E-state index >= 15 is 0 Å². The monoisotopic (exact) mass is 257 g/mol. The zero-order chi connectivity index (χ0) is 12.5. The summed E-state index contributed by atoms with van der Waals surface area (Å²) >= 11 is 6.21. The van der Waals surface area contributed by atoms with Crippen molar-refractivity contribution < 1.29 is 0 Å². The number of nitrogens with one attached hydrogen (secondary N) is 1. The van der Waals surface area contributed by atoms with Gasteiger partial charge in [-0.05, 0) is 42.2 Å². The molecule has 0 saturated carbocycles. The van der Waals surface area contributed by atoms with E-state index in [2.05, 4.69) is 47.8 Å². The van der Waals surface area contributed by atoms with Crippen LogP contribution in [0, 0.1) is 6.92 Å². The second kappa shape index (κ2) is 4.66. The van der Waals surface area contributed by atoms with Crippen LogP contribution in [0.3, 0.4) is 0 Å². The molecule has 2 aromatic carbocycles. The Kier molecular flexibility index (Phi) is 3.00. The summed E-state index contributed by atoms with van der Waals surface area (Å²) < 4.78 is 0. The van der Waals surface area contributed by atoms with Crippen LogP contribution < -0.4 is 5.32 Å². The third-order valence-electron chi connectivity index (χ3n) is 3.66. The third-order valence-corrected chi connectivity index (χ3v) is 4.07. The van der Waals surface area contributed by atoms with Crippen molar-refractivity contribution in [3.05, 3.63) is 64.2 Å². The molecule has 2 aromatic rings. The Morgan fingerprint density at radius 1 is 1.17 bits per heavy atom. The minimum absolute atomic E-state index is 0.539. The summed E-state index contributed by atoms with van der Waals surface area (Å²) in [6.07, 6.45) is 1.06. The zero-order valence-electron chi connectivity index (χ0n) is 10.4. The largest absolute Gasteiger partial charge is 0.384 e. The molecule has 0 amide bonds. The Hall–Kier alpha value is -1.47. The van der Waals surface area contributed by atoms with Gasteiger partial charge in [0.2, 0.25) is 0 Å². The number of halogens is 1. The normalized spacial score (nSPS) is 18.0. The van der Waals surface area contributed by atoms with Crippen LogP contribution in [-0.2, 0) is 6.42 Å². The Balaban J connectivity index is 1.92. The molecule has 3 rings (SSSR count). The highest BCUT2D eigenvalue weighted by atomic mass is 35.5. The molecule has 18 heavy (non-hydrogen) atoms. The minimum atomic E-state index is 0.539. The SMILES string of the molecule is Cc1cc2c(cc1Cl)CC(c1ccccc1)CN2. The molecule has 0 fully saturated rings. The number of aryl methyl sites for hydroxylation is 1. The fourth-order valence-corrected chi connectivity index (χ4v) is 2.77. The Bertz CT molecular complexity index is 563. The van der Waals surface area contributed by atoms with E-state index in [1.165, 1.54) is 16.8 Å². The Morgan fingerprint density at radius 3 is 2.72 bits per heavy atom. The number of hydrogen-bond acceptors (Lipinski definition) is 1. The van der Waals surface area contributed by atoms with Crippen LogP contribution in [0.4, 0.5) is 5.69 Å². The van der Waals surface area contributed by atoms with Crippen LogP contribution in [0.5, 0.6) is 0 Å². The van der Waals surface area contributed by atoms with Crippen LogP contribution in [0.2, 0.25) is 5.02 Å². The van der Waals surface area contributed by atoms with Crippen LogP contribution in [-0.4, -0.2) is 6.54 Å². The quantitative estimate of drug-likeness (QED) is 0.798. The first-order valence-electron chi connectivity index (χ1n) is 6.32. The van der Waals surface area contributed by atoms with Gasteiger partial charge in [-0.15, -0.1) is 0 Å². The van der Waals surface area contributed by atoms with Gasteiger partial charge in [0.15, 0.2) is 0 Å². The highest BCUT2D eigenvalue weighted by molar-refractivity contribution is 6.31. The summed E-state index contributed by atoms with van der Waals surface area (Å²) in [5.74, 6) is 0.539. The maximum absolute atomic E-state index is 6.21. The molecule has 1 heterocycles. The summed E-state index contributed by atoms with van der Waals surface area (Å²) in [5, 5.41) is 4.39. The molecule has 1 nitrogen and oxygen atoms in total. The summed E-state index contributed by atoms with van der Waals surface area (Å²) in [4.78, 5) is 0. The number of benzene rings is 2. The molecule has 1 N–H and O–H groups in total. The first kappa shape index (κ1) is 11.6. The molecular formula is C16H16ClN. The van der Waals surface area contributed by atoms with E-state index in [4.69, 9.17) is 11.6 Å². The van der Waals surface area contributed by atoms with E-state index in [1.807, 2.05) is 6.92 Å². The number of anilines is 1. The first-order chi connectivity index (χ1) is 8.74. The van der Waals surface area contributed by atoms with Gasteiger partial charge in [0.1, 0.15) is 0 Å². The van der Waals surface area contributed by atoms with Gasteiger partial charge in [0, 0.05) is 23.2 Å². The lowest BCUT2D eigenvalue weighted by atomic mass is 9.88. The lowest BCUT2D eigenvalue weighted by molar-refractivity contribution is 0.695. The van der Waals surface area contributed by atoms with Crippen molar-refractivity contribution >= 4 is 17.3 Å². The predicted molar refractivity (Wildman–Crippen MR) is 77.6 cm³/mol. The molecular weight excluding hydrogens is 242 g/mol. The number of rotatable bonds is 1. The molecule has 0 radical (unpaired) electrons. The van der Waals surface area contributed by atoms with Gasteiger partial charge in [0.05, 0.1) is 0 Å². The summed E-state index contributed by atoms with van der Waals surface area (Å²) in [7, 11) is 0. The molecule has 0 spiro atoms. The molecule has 0 saturated heterocycles. The van der Waals surface area contributed by atoms with Gasteiger partial charge < -0.3 is 5.32 Å². The lowest BCUT2D eigenvalue weighted by Crippen LogP contribution is -2.21. The highest BCUT2D eigenvalue weighted by Crippen LogP contribution is 2.33. The van der Waals surface area contributed by atoms with Gasteiger partial charge in [-0.25, -0.2) is 0 Å². The second-order valence-electron chi connectivity index (χ2n) is 4.95. The van der Waals surface area contributed by atoms with Crippen LogP contribution >= 0.6 is 11.6 Å². The van der Waals surface area contributed by atoms with Gasteiger partial charge in [-0.1, -0.05) is 41.9 Å². The van der Waals surface area contributed by atoms with Crippen molar-refractivity contribution in [2.45, 2.75) is 19.3 Å². The van der Waals surface area contributed by atoms with Crippen molar-refractivity contribution in [2.75, 3.05) is 11.9 Å². The topological polar surface area (TPSA) is 12.0 Å². The smallest absolute Gasteiger partial charge is 0.0439 e. The van der Waals surface area contributed by atoms with Crippen molar-refractivity contribution in [1.82, 2.24) is 0 Å². The van der Waals surface area contributed by atoms with Gasteiger partial charge in [-0.3, -0.25) is 0 Å². The summed E-state index contributed by atoms with van der Waals surface area (Å²) in [5.41, 5.74) is 5.10. The van der Waals surface area contributed by atoms with Crippen molar-refractivity contribution in [3.63, 3.8) is 0 Å². The summed E-state index contributed by atoms with van der Waals surface area (Å²) in [6.45, 7) is 3.05. The van der Waals surface area contributed by atoms with Gasteiger partial charge >= 0.3 is 0 Å². The van der Waals surface area contributed by atoms with Gasteiger partial charge in [0.25, 0.3) is 0 Å². The highest BCUT2D eigenvalue weighted by Gasteiger charge is 2.20. The fourth-order valence-electron chi connectivity index (χ4n) is 2.59. The molecule has 1 atom stereocenters. The average Bonchev–Trinajstić information content (AvgIpc) is 2.41. The van der Waals surface area contributed by atoms with E-state index < -0.39 is 0 Å². The molecule has 0 aliphatic carbocycles. The minimum Gasteiger partial charge on any atom is -0.384 e. The molecule has 1 unspecified atom stereocenters. The first-order valence-corrected chi connectivity index (χ1v) is 6.69. The molecule has 0 bridgehead atoms. The maximum Gasteiger partial charge on any atom is 0.0439 e. The Labute approximate surface area is 113 Å². The maximum atomic E-state index is 6.21. The molecule has 2 heteroatoms. The van der Waals surface area contributed by atoms with Crippen molar-refractivity contribution in [3.8, 4) is 0 Å². The molecule has 92 valence electrons. The second-order valence-corrected chi connectivity index (χ2v) is 5.36.